The lowest BCUT2D eigenvalue weighted by Crippen LogP contribution is -2.21. The minimum Gasteiger partial charge on any atom is -0.461 e. The van der Waals surface area contributed by atoms with Gasteiger partial charge in [-0.05, 0) is 37.6 Å². The Labute approximate surface area is 179 Å². The number of hydrogen-bond acceptors (Lipinski definition) is 6. The first kappa shape index (κ1) is 20.3. The van der Waals surface area contributed by atoms with Crippen molar-refractivity contribution in [3.05, 3.63) is 53.9 Å². The molecule has 156 valence electrons. The average Bonchev–Trinajstić information content (AvgIpc) is 3.43. The van der Waals surface area contributed by atoms with Crippen LogP contribution in [0.4, 0.5) is 0 Å². The van der Waals surface area contributed by atoms with E-state index in [2.05, 4.69) is 32.0 Å². The molecule has 8 nitrogen and oxygen atoms in total. The maximum Gasteiger partial charge on any atom is 0.357 e. The van der Waals surface area contributed by atoms with Crippen molar-refractivity contribution in [1.82, 2.24) is 25.1 Å². The maximum absolute atomic E-state index is 12.3. The number of hydrogen-bond donors (Lipinski definition) is 1. The van der Waals surface area contributed by atoms with Crippen LogP contribution in [0.5, 0.6) is 0 Å². The predicted octanol–water partition coefficient (Wildman–Crippen LogP) is 2.54. The zero-order valence-corrected chi connectivity index (χ0v) is 17.3. The van der Waals surface area contributed by atoms with E-state index in [1.165, 1.54) is 0 Å². The predicted molar refractivity (Wildman–Crippen MR) is 114 cm³/mol. The number of benzene rings is 1. The Balaban J connectivity index is 1.70. The van der Waals surface area contributed by atoms with Gasteiger partial charge in [-0.2, -0.15) is 5.10 Å². The smallest absolute Gasteiger partial charge is 0.357 e. The van der Waals surface area contributed by atoms with Crippen molar-refractivity contribution in [1.29, 1.82) is 0 Å². The lowest BCUT2D eigenvalue weighted by molar-refractivity contribution is -0.128. The molecular formula is C23H21N5O3. The third-order valence-electron chi connectivity index (χ3n) is 4.93. The summed E-state index contributed by atoms with van der Waals surface area (Å²) in [5.41, 5.74) is 2.80. The molecule has 31 heavy (non-hydrogen) atoms. The zero-order chi connectivity index (χ0) is 21.8. The van der Waals surface area contributed by atoms with E-state index in [4.69, 9.17) is 4.74 Å². The van der Waals surface area contributed by atoms with Gasteiger partial charge in [0, 0.05) is 30.9 Å². The van der Waals surface area contributed by atoms with Crippen LogP contribution in [-0.2, 0) is 9.53 Å². The molecule has 1 amide bonds. The summed E-state index contributed by atoms with van der Waals surface area (Å²) in [5, 5.41) is 6.80. The standard InChI is InChI=1S/C23H21N5O3/c1-3-31-23(30)20-14-19(18-9-11-24-27-18)25-21(26-20)17-6-4-5-15(13-17)7-8-16-10-12-28(2)22(16)29/h4-6,9,11,13-14,16H,3,10,12H2,1-2H3,(H,24,27)/t16-/m1/s1. The minimum absolute atomic E-state index is 0.0540. The minimum atomic E-state index is -0.522. The van der Waals surface area contributed by atoms with Crippen LogP contribution >= 0.6 is 0 Å². The Morgan fingerprint density at radius 2 is 2.16 bits per heavy atom. The molecule has 0 aliphatic carbocycles. The van der Waals surface area contributed by atoms with Gasteiger partial charge in [0.15, 0.2) is 11.5 Å². The number of ether oxygens (including phenoxy) is 1. The first-order chi connectivity index (χ1) is 15.0. The second-order valence-electron chi connectivity index (χ2n) is 7.10. The number of carbonyl (C=O) groups excluding carboxylic acids is 2. The molecule has 1 aliphatic rings. The second-order valence-corrected chi connectivity index (χ2v) is 7.10. The lowest BCUT2D eigenvalue weighted by Gasteiger charge is -2.08. The number of carbonyl (C=O) groups is 2. The van der Waals surface area contributed by atoms with Crippen molar-refractivity contribution >= 4 is 11.9 Å². The molecular weight excluding hydrogens is 394 g/mol. The molecule has 0 bridgehead atoms. The number of rotatable bonds is 4. The fourth-order valence-corrected chi connectivity index (χ4v) is 3.29. The molecule has 8 heteroatoms. The molecule has 1 fully saturated rings. The zero-order valence-electron chi connectivity index (χ0n) is 17.3. The van der Waals surface area contributed by atoms with Gasteiger partial charge in [0.25, 0.3) is 0 Å². The SMILES string of the molecule is CCOC(=O)c1cc(-c2ccn[nH]2)nc(-c2cccc(C#C[C@@H]3CCN(C)C3=O)c2)n1. The van der Waals surface area contributed by atoms with Crippen LogP contribution in [0.1, 0.15) is 29.4 Å². The van der Waals surface area contributed by atoms with E-state index in [0.29, 0.717) is 22.8 Å². The highest BCUT2D eigenvalue weighted by Crippen LogP contribution is 2.22. The number of nitrogens with one attached hydrogen (secondary N) is 1. The molecule has 1 aromatic carbocycles. The van der Waals surface area contributed by atoms with Crippen molar-refractivity contribution in [3.8, 4) is 34.6 Å². The Bertz CT molecular complexity index is 1180. The lowest BCUT2D eigenvalue weighted by atomic mass is 10.1. The fraction of sp³-hybridized carbons (Fsp3) is 0.261. The van der Waals surface area contributed by atoms with E-state index in [1.54, 1.807) is 37.2 Å². The van der Waals surface area contributed by atoms with Gasteiger partial charge in [0.1, 0.15) is 5.92 Å². The van der Waals surface area contributed by atoms with Crippen LogP contribution in [0, 0.1) is 17.8 Å². The summed E-state index contributed by atoms with van der Waals surface area (Å²) in [6, 6.07) is 10.7. The van der Waals surface area contributed by atoms with Crippen molar-refractivity contribution in [2.75, 3.05) is 20.2 Å². The first-order valence-electron chi connectivity index (χ1n) is 9.98. The third kappa shape index (κ3) is 4.46. The molecule has 0 radical (unpaired) electrons. The first-order valence-corrected chi connectivity index (χ1v) is 9.98. The third-order valence-corrected chi connectivity index (χ3v) is 4.93. The summed E-state index contributed by atoms with van der Waals surface area (Å²) >= 11 is 0. The van der Waals surface area contributed by atoms with Gasteiger partial charge in [-0.25, -0.2) is 14.8 Å². The highest BCUT2D eigenvalue weighted by Gasteiger charge is 2.27. The summed E-state index contributed by atoms with van der Waals surface area (Å²) in [6.45, 7) is 2.71. The monoisotopic (exact) mass is 415 g/mol. The molecule has 1 atom stereocenters. The molecule has 1 N–H and O–H groups in total. The maximum atomic E-state index is 12.3. The van der Waals surface area contributed by atoms with E-state index >= 15 is 0 Å². The number of H-pyrrole nitrogens is 1. The summed E-state index contributed by atoms with van der Waals surface area (Å²) in [5.74, 6) is 5.78. The molecule has 0 spiro atoms. The van der Waals surface area contributed by atoms with Gasteiger partial charge >= 0.3 is 5.97 Å². The number of likely N-dealkylation sites (tertiary alicyclic amines) is 1. The largest absolute Gasteiger partial charge is 0.461 e. The van der Waals surface area contributed by atoms with E-state index in [-0.39, 0.29) is 24.1 Å². The summed E-state index contributed by atoms with van der Waals surface area (Å²) in [7, 11) is 1.79. The van der Waals surface area contributed by atoms with Gasteiger partial charge in [0.05, 0.1) is 18.0 Å². The Morgan fingerprint density at radius 3 is 2.87 bits per heavy atom. The second kappa shape index (κ2) is 8.79. The van der Waals surface area contributed by atoms with Crippen LogP contribution in [0.2, 0.25) is 0 Å². The van der Waals surface area contributed by atoms with Gasteiger partial charge < -0.3 is 9.64 Å². The van der Waals surface area contributed by atoms with Crippen LogP contribution in [0.15, 0.2) is 42.6 Å². The fourth-order valence-electron chi connectivity index (χ4n) is 3.29. The highest BCUT2D eigenvalue weighted by molar-refractivity contribution is 5.89. The quantitative estimate of drug-likeness (QED) is 0.519. The molecule has 4 rings (SSSR count). The van der Waals surface area contributed by atoms with Crippen LogP contribution in [0.3, 0.4) is 0 Å². The average molecular weight is 415 g/mol. The molecule has 3 heterocycles. The van der Waals surface area contributed by atoms with Crippen molar-refractivity contribution in [2.45, 2.75) is 13.3 Å². The summed E-state index contributed by atoms with van der Waals surface area (Å²) in [4.78, 5) is 35.1. The number of aromatic nitrogens is 4. The molecule has 2 aromatic heterocycles. The van der Waals surface area contributed by atoms with Crippen LogP contribution in [-0.4, -0.2) is 57.1 Å². The highest BCUT2D eigenvalue weighted by atomic mass is 16.5. The van der Waals surface area contributed by atoms with Gasteiger partial charge in [-0.15, -0.1) is 0 Å². The Kier molecular flexibility index (Phi) is 5.76. The van der Waals surface area contributed by atoms with Gasteiger partial charge in [0.2, 0.25) is 5.91 Å². The Hall–Kier alpha value is -3.99. The number of amides is 1. The summed E-state index contributed by atoms with van der Waals surface area (Å²) in [6.07, 6.45) is 2.35. The number of nitrogens with zero attached hydrogens (tertiary/aromatic N) is 4. The summed E-state index contributed by atoms with van der Waals surface area (Å²) < 4.78 is 5.12. The molecule has 0 unspecified atom stereocenters. The number of esters is 1. The van der Waals surface area contributed by atoms with E-state index in [0.717, 1.165) is 18.5 Å². The molecule has 0 saturated carbocycles. The van der Waals surface area contributed by atoms with Crippen LogP contribution < -0.4 is 0 Å². The van der Waals surface area contributed by atoms with Gasteiger partial charge in [-0.1, -0.05) is 24.0 Å². The molecule has 1 aliphatic heterocycles. The topological polar surface area (TPSA) is 101 Å². The van der Waals surface area contributed by atoms with Crippen molar-refractivity contribution < 1.29 is 14.3 Å². The molecule has 3 aromatic rings. The van der Waals surface area contributed by atoms with E-state index in [1.807, 2.05) is 24.3 Å². The van der Waals surface area contributed by atoms with E-state index in [9.17, 15) is 9.59 Å². The van der Waals surface area contributed by atoms with Crippen molar-refractivity contribution in [2.24, 2.45) is 5.92 Å². The van der Waals surface area contributed by atoms with Gasteiger partial charge in [-0.3, -0.25) is 9.89 Å². The number of aromatic amines is 1. The van der Waals surface area contributed by atoms with Crippen molar-refractivity contribution in [3.63, 3.8) is 0 Å². The normalized spacial score (nSPS) is 15.5. The molecule has 1 saturated heterocycles. The Morgan fingerprint density at radius 1 is 1.29 bits per heavy atom. The van der Waals surface area contributed by atoms with Crippen LogP contribution in [0.25, 0.3) is 22.8 Å². The van der Waals surface area contributed by atoms with E-state index < -0.39 is 5.97 Å².